The van der Waals surface area contributed by atoms with Crippen molar-refractivity contribution < 1.29 is 10.0 Å². The maximum absolute atomic E-state index is 11.4. The Hall–Kier alpha value is -3.70. The number of nitrogens with one attached hydrogen (secondary N) is 1. The third-order valence-electron chi connectivity index (χ3n) is 7.35. The number of rotatable bonds is 8. The first-order chi connectivity index (χ1) is 17.7. The lowest BCUT2D eigenvalue weighted by molar-refractivity contribution is -0.124. The Morgan fingerprint density at radius 1 is 0.917 bits per heavy atom. The van der Waals surface area contributed by atoms with Crippen molar-refractivity contribution in [3.05, 3.63) is 107 Å². The van der Waals surface area contributed by atoms with Gasteiger partial charge in [0.2, 0.25) is 0 Å². The Morgan fingerprint density at radius 2 is 1.61 bits per heavy atom. The number of imidazole rings is 1. The molecule has 0 saturated heterocycles. The highest BCUT2D eigenvalue weighted by atomic mass is 16.5. The van der Waals surface area contributed by atoms with E-state index in [-0.39, 0.29) is 0 Å². The van der Waals surface area contributed by atoms with Crippen molar-refractivity contribution in [3.63, 3.8) is 0 Å². The molecular weight excluding hydrogens is 446 g/mol. The molecule has 1 aliphatic rings. The number of hydrogen-bond donors (Lipinski definition) is 2. The number of hydrogen-bond acceptors (Lipinski definition) is 3. The quantitative estimate of drug-likeness (QED) is 0.177. The zero-order valence-corrected chi connectivity index (χ0v) is 20.5. The van der Waals surface area contributed by atoms with Crippen LogP contribution in [0, 0.1) is 5.92 Å². The van der Waals surface area contributed by atoms with Crippen molar-refractivity contribution in [1.82, 2.24) is 15.0 Å². The number of fused-ring (bicyclic) bond motifs is 1. The summed E-state index contributed by atoms with van der Waals surface area (Å²) in [5.74, 6) is 1.33. The van der Waals surface area contributed by atoms with Gasteiger partial charge in [-0.3, -0.25) is 10.0 Å². The van der Waals surface area contributed by atoms with Crippen LogP contribution in [0.15, 0.2) is 84.9 Å². The summed E-state index contributed by atoms with van der Waals surface area (Å²) in [6.07, 6.45) is 10.8. The van der Waals surface area contributed by atoms with Crippen molar-refractivity contribution in [2.24, 2.45) is 5.92 Å². The average Bonchev–Trinajstić information content (AvgIpc) is 3.29. The Bertz CT molecular complexity index is 1320. The van der Waals surface area contributed by atoms with Gasteiger partial charge >= 0.3 is 0 Å². The SMILES string of the molecule is O=C(/C=C/c1ccc2c(c1)nc(CCc1ccccc1)n2C1CCC(Cc2ccccc2)CC1)NO. The smallest absolute Gasteiger partial charge is 0.267 e. The second-order valence-electron chi connectivity index (χ2n) is 9.81. The Morgan fingerprint density at radius 3 is 2.31 bits per heavy atom. The molecule has 5 rings (SSSR count). The van der Waals surface area contributed by atoms with Gasteiger partial charge in [0, 0.05) is 18.5 Å². The number of nitrogens with zero attached hydrogens (tertiary/aromatic N) is 2. The molecule has 1 heterocycles. The number of aromatic nitrogens is 2. The van der Waals surface area contributed by atoms with Crippen LogP contribution in [0.25, 0.3) is 17.1 Å². The molecule has 0 atom stereocenters. The fraction of sp³-hybridized carbons (Fsp3) is 0.290. The fourth-order valence-corrected chi connectivity index (χ4v) is 5.52. The van der Waals surface area contributed by atoms with Gasteiger partial charge in [0.25, 0.3) is 5.91 Å². The second-order valence-corrected chi connectivity index (χ2v) is 9.81. The molecule has 1 aromatic heterocycles. The van der Waals surface area contributed by atoms with E-state index in [1.807, 2.05) is 12.1 Å². The lowest BCUT2D eigenvalue weighted by atomic mass is 9.82. The van der Waals surface area contributed by atoms with E-state index in [1.54, 1.807) is 11.6 Å². The van der Waals surface area contributed by atoms with Crippen LogP contribution >= 0.6 is 0 Å². The lowest BCUT2D eigenvalue weighted by Gasteiger charge is -2.31. The molecule has 5 nitrogen and oxygen atoms in total. The van der Waals surface area contributed by atoms with Crippen LogP contribution in [0.1, 0.15) is 54.2 Å². The molecule has 0 spiro atoms. The predicted molar refractivity (Wildman–Crippen MR) is 144 cm³/mol. The van der Waals surface area contributed by atoms with Gasteiger partial charge in [-0.2, -0.15) is 0 Å². The standard InChI is InChI=1S/C31H33N3O2/c35-31(33-36)20-15-26-13-18-29-28(22-26)32-30(19-14-23-7-3-1-4-8-23)34(29)27-16-11-25(12-17-27)21-24-9-5-2-6-10-24/h1-10,13,15,18,20,22,25,27,36H,11-12,14,16-17,19,21H2,(H,33,35)/b20-15+. The second kappa shape index (κ2) is 11.4. The van der Waals surface area contributed by atoms with Gasteiger partial charge in [0.1, 0.15) is 5.82 Å². The molecule has 0 bridgehead atoms. The zero-order valence-electron chi connectivity index (χ0n) is 20.5. The molecule has 4 aromatic rings. The maximum Gasteiger partial charge on any atom is 0.267 e. The first-order valence-electron chi connectivity index (χ1n) is 12.9. The zero-order chi connectivity index (χ0) is 24.7. The molecule has 1 fully saturated rings. The summed E-state index contributed by atoms with van der Waals surface area (Å²) < 4.78 is 2.49. The molecule has 1 amide bonds. The molecule has 2 N–H and O–H groups in total. The number of carbonyl (C=O) groups excluding carboxylic acids is 1. The molecule has 184 valence electrons. The molecule has 3 aromatic carbocycles. The normalized spacial score (nSPS) is 18.0. The summed E-state index contributed by atoms with van der Waals surface area (Å²) in [7, 11) is 0. The summed E-state index contributed by atoms with van der Waals surface area (Å²) in [5, 5.41) is 8.76. The molecule has 36 heavy (non-hydrogen) atoms. The van der Waals surface area contributed by atoms with E-state index in [4.69, 9.17) is 10.2 Å². The number of hydroxylamine groups is 1. The molecule has 1 aliphatic carbocycles. The number of carbonyl (C=O) groups is 1. The van der Waals surface area contributed by atoms with E-state index in [2.05, 4.69) is 71.3 Å². The van der Waals surface area contributed by atoms with Crippen LogP contribution in [0.5, 0.6) is 0 Å². The van der Waals surface area contributed by atoms with E-state index < -0.39 is 5.91 Å². The van der Waals surface area contributed by atoms with E-state index in [9.17, 15) is 4.79 Å². The van der Waals surface area contributed by atoms with Gasteiger partial charge < -0.3 is 4.57 Å². The van der Waals surface area contributed by atoms with E-state index in [1.165, 1.54) is 42.9 Å². The van der Waals surface area contributed by atoms with Crippen molar-refractivity contribution >= 4 is 23.0 Å². The molecule has 0 radical (unpaired) electrons. The van der Waals surface area contributed by atoms with Crippen molar-refractivity contribution in [3.8, 4) is 0 Å². The van der Waals surface area contributed by atoms with Crippen LogP contribution in [0.4, 0.5) is 0 Å². The molecule has 0 aliphatic heterocycles. The van der Waals surface area contributed by atoms with Crippen LogP contribution in [0.2, 0.25) is 0 Å². The highest BCUT2D eigenvalue weighted by molar-refractivity contribution is 5.91. The maximum atomic E-state index is 11.4. The lowest BCUT2D eigenvalue weighted by Crippen LogP contribution is -2.21. The summed E-state index contributed by atoms with van der Waals surface area (Å²) in [5.41, 5.74) is 7.39. The fourth-order valence-electron chi connectivity index (χ4n) is 5.52. The monoisotopic (exact) mass is 479 g/mol. The van der Waals surface area contributed by atoms with Gasteiger partial charge in [-0.05, 0) is 79.3 Å². The van der Waals surface area contributed by atoms with Crippen LogP contribution < -0.4 is 5.48 Å². The first-order valence-corrected chi connectivity index (χ1v) is 12.9. The van der Waals surface area contributed by atoms with Gasteiger partial charge in [0.05, 0.1) is 11.0 Å². The van der Waals surface area contributed by atoms with E-state index >= 15 is 0 Å². The summed E-state index contributed by atoms with van der Waals surface area (Å²) in [4.78, 5) is 16.5. The molecule has 0 unspecified atom stereocenters. The van der Waals surface area contributed by atoms with Gasteiger partial charge in [-0.1, -0.05) is 66.7 Å². The number of amides is 1. The topological polar surface area (TPSA) is 67.2 Å². The Labute approximate surface area is 212 Å². The highest BCUT2D eigenvalue weighted by Crippen LogP contribution is 2.37. The minimum absolute atomic E-state index is 0.453. The van der Waals surface area contributed by atoms with Gasteiger partial charge in [-0.25, -0.2) is 10.5 Å². The first kappa shape index (κ1) is 24.0. The molecular formula is C31H33N3O2. The summed E-state index contributed by atoms with van der Waals surface area (Å²) in [6, 6.07) is 28.1. The van der Waals surface area contributed by atoms with E-state index in [0.717, 1.165) is 47.6 Å². The van der Waals surface area contributed by atoms with Crippen molar-refractivity contribution in [2.45, 2.75) is 51.0 Å². The largest absolute Gasteiger partial charge is 0.325 e. The summed E-state index contributed by atoms with van der Waals surface area (Å²) in [6.45, 7) is 0. The van der Waals surface area contributed by atoms with Crippen LogP contribution in [0.3, 0.4) is 0 Å². The predicted octanol–water partition coefficient (Wildman–Crippen LogP) is 6.31. The van der Waals surface area contributed by atoms with Gasteiger partial charge in [-0.15, -0.1) is 0 Å². The highest BCUT2D eigenvalue weighted by Gasteiger charge is 2.26. The summed E-state index contributed by atoms with van der Waals surface area (Å²) >= 11 is 0. The third-order valence-corrected chi connectivity index (χ3v) is 7.35. The molecule has 1 saturated carbocycles. The van der Waals surface area contributed by atoms with Crippen molar-refractivity contribution in [1.29, 1.82) is 0 Å². The Balaban J connectivity index is 1.38. The number of aryl methyl sites for hydroxylation is 2. The van der Waals surface area contributed by atoms with Crippen LogP contribution in [-0.4, -0.2) is 20.7 Å². The minimum Gasteiger partial charge on any atom is -0.325 e. The van der Waals surface area contributed by atoms with Crippen LogP contribution in [-0.2, 0) is 24.1 Å². The van der Waals surface area contributed by atoms with Crippen molar-refractivity contribution in [2.75, 3.05) is 0 Å². The molecule has 5 heteroatoms. The minimum atomic E-state index is -0.545. The average molecular weight is 480 g/mol. The number of benzene rings is 3. The third kappa shape index (κ3) is 5.74. The Kier molecular flexibility index (Phi) is 7.58. The van der Waals surface area contributed by atoms with Gasteiger partial charge in [0.15, 0.2) is 0 Å². The van der Waals surface area contributed by atoms with E-state index in [0.29, 0.717) is 6.04 Å².